The summed E-state index contributed by atoms with van der Waals surface area (Å²) in [6, 6.07) is 12.5. The molecule has 4 nitrogen and oxygen atoms in total. The Labute approximate surface area is 172 Å². The summed E-state index contributed by atoms with van der Waals surface area (Å²) in [7, 11) is 0. The second kappa shape index (κ2) is 9.07. The molecular weight excluding hydrogens is 452 g/mol. The third-order valence-corrected chi connectivity index (χ3v) is 5.42. The molecule has 1 atom stereocenters. The fourth-order valence-electron chi connectivity index (χ4n) is 2.50. The van der Waals surface area contributed by atoms with Crippen molar-refractivity contribution < 1.29 is 23.1 Å². The summed E-state index contributed by atoms with van der Waals surface area (Å²) in [5.41, 5.74) is 0.812. The summed E-state index contributed by atoms with van der Waals surface area (Å²) in [5.74, 6) is -2.15. The van der Waals surface area contributed by atoms with Crippen LogP contribution in [-0.4, -0.2) is 18.5 Å². The van der Waals surface area contributed by atoms with Gasteiger partial charge in [-0.3, -0.25) is 4.79 Å². The minimum atomic E-state index is -0.753. The van der Waals surface area contributed by atoms with Crippen molar-refractivity contribution in [2.24, 2.45) is 0 Å². The lowest BCUT2D eigenvalue weighted by atomic mass is 10.1. The van der Waals surface area contributed by atoms with Gasteiger partial charge in [0.05, 0.1) is 11.6 Å². The van der Waals surface area contributed by atoms with Crippen LogP contribution in [0.2, 0.25) is 0 Å². The molecule has 3 aromatic rings. The van der Waals surface area contributed by atoms with E-state index < -0.39 is 30.3 Å². The molecule has 8 heteroatoms. The number of thiophene rings is 1. The van der Waals surface area contributed by atoms with Crippen molar-refractivity contribution in [2.75, 3.05) is 6.61 Å². The first-order valence-electron chi connectivity index (χ1n) is 8.14. The van der Waals surface area contributed by atoms with E-state index in [-0.39, 0.29) is 15.9 Å². The quantitative estimate of drug-likeness (QED) is 0.529. The minimum absolute atomic E-state index is 0.113. The molecule has 1 N–H and O–H groups in total. The molecule has 1 heterocycles. The van der Waals surface area contributed by atoms with Gasteiger partial charge >= 0.3 is 5.97 Å². The number of ether oxygens (including phenoxy) is 1. The molecule has 0 saturated carbocycles. The van der Waals surface area contributed by atoms with Crippen LogP contribution in [0.25, 0.3) is 0 Å². The van der Waals surface area contributed by atoms with Gasteiger partial charge in [-0.2, -0.15) is 0 Å². The number of carbonyl (C=O) groups excluding carboxylic acids is 2. The number of benzene rings is 2. The molecule has 1 amide bonds. The maximum atomic E-state index is 13.2. The van der Waals surface area contributed by atoms with Crippen molar-refractivity contribution in [2.45, 2.75) is 6.04 Å². The van der Waals surface area contributed by atoms with Crippen molar-refractivity contribution in [3.8, 4) is 0 Å². The molecule has 0 aliphatic heterocycles. The van der Waals surface area contributed by atoms with Gasteiger partial charge in [0.25, 0.3) is 5.91 Å². The van der Waals surface area contributed by atoms with E-state index in [1.807, 2.05) is 17.5 Å². The third kappa shape index (κ3) is 5.02. The van der Waals surface area contributed by atoms with Gasteiger partial charge in [-0.15, -0.1) is 11.3 Å². The van der Waals surface area contributed by atoms with E-state index in [0.717, 1.165) is 17.0 Å². The van der Waals surface area contributed by atoms with Crippen molar-refractivity contribution in [3.05, 3.63) is 92.1 Å². The second-order valence-electron chi connectivity index (χ2n) is 5.77. The summed E-state index contributed by atoms with van der Waals surface area (Å²) >= 11 is 4.53. The average Bonchev–Trinajstić information content (AvgIpc) is 3.19. The molecular formula is C20H14BrF2NO3S. The molecule has 0 aliphatic carbocycles. The van der Waals surface area contributed by atoms with Crippen molar-refractivity contribution in [1.29, 1.82) is 0 Å². The predicted octanol–water partition coefficient (Wildman–Crippen LogP) is 4.85. The number of halogens is 3. The Bertz CT molecular complexity index is 978. The van der Waals surface area contributed by atoms with Crippen LogP contribution in [0.5, 0.6) is 0 Å². The Morgan fingerprint density at radius 3 is 2.43 bits per heavy atom. The molecule has 0 radical (unpaired) electrons. The Kier molecular flexibility index (Phi) is 6.53. The number of carbonyl (C=O) groups is 2. The molecule has 0 bridgehead atoms. The number of hydrogen-bond donors (Lipinski definition) is 1. The van der Waals surface area contributed by atoms with E-state index in [0.29, 0.717) is 5.56 Å². The Balaban J connectivity index is 1.67. The number of nitrogens with one attached hydrogen (secondary N) is 1. The molecule has 0 aliphatic rings. The van der Waals surface area contributed by atoms with Crippen LogP contribution in [0, 0.1) is 11.6 Å². The van der Waals surface area contributed by atoms with Gasteiger partial charge in [-0.05, 0) is 63.3 Å². The normalized spacial score (nSPS) is 11.7. The number of rotatable bonds is 6. The molecule has 28 heavy (non-hydrogen) atoms. The molecule has 3 rings (SSSR count). The Morgan fingerprint density at radius 1 is 1.07 bits per heavy atom. The Hall–Kier alpha value is -2.58. The summed E-state index contributed by atoms with van der Waals surface area (Å²) in [5, 5.41) is 4.65. The lowest BCUT2D eigenvalue weighted by Gasteiger charge is -2.18. The fraction of sp³-hybridized carbons (Fsp3) is 0.100. The van der Waals surface area contributed by atoms with Gasteiger partial charge in [-0.25, -0.2) is 13.6 Å². The number of hydrogen-bond acceptors (Lipinski definition) is 4. The van der Waals surface area contributed by atoms with Gasteiger partial charge in [0.2, 0.25) is 0 Å². The van der Waals surface area contributed by atoms with Crippen LogP contribution in [0.4, 0.5) is 8.78 Å². The summed E-state index contributed by atoms with van der Waals surface area (Å²) in [6.45, 7) is -0.508. The molecule has 1 unspecified atom stereocenters. The average molecular weight is 466 g/mol. The van der Waals surface area contributed by atoms with E-state index in [4.69, 9.17) is 4.74 Å². The third-order valence-electron chi connectivity index (χ3n) is 3.82. The van der Waals surface area contributed by atoms with Gasteiger partial charge < -0.3 is 10.1 Å². The SMILES string of the molecule is O=C(COC(=O)c1ccc(F)cc1Br)NC(c1ccc(F)cc1)c1cccs1. The lowest BCUT2D eigenvalue weighted by molar-refractivity contribution is -0.124. The molecule has 1 aromatic heterocycles. The van der Waals surface area contributed by atoms with Crippen LogP contribution >= 0.6 is 27.3 Å². The molecule has 0 spiro atoms. The van der Waals surface area contributed by atoms with Gasteiger partial charge in [0.15, 0.2) is 6.61 Å². The molecule has 0 fully saturated rings. The van der Waals surface area contributed by atoms with E-state index in [1.165, 1.54) is 29.5 Å². The van der Waals surface area contributed by atoms with Crippen molar-refractivity contribution in [1.82, 2.24) is 5.32 Å². The minimum Gasteiger partial charge on any atom is -0.452 e. The summed E-state index contributed by atoms with van der Waals surface area (Å²) in [6.07, 6.45) is 0. The van der Waals surface area contributed by atoms with E-state index in [2.05, 4.69) is 21.2 Å². The van der Waals surface area contributed by atoms with E-state index in [1.54, 1.807) is 12.1 Å². The van der Waals surface area contributed by atoms with Crippen LogP contribution in [0.3, 0.4) is 0 Å². The maximum Gasteiger partial charge on any atom is 0.339 e. The van der Waals surface area contributed by atoms with Crippen LogP contribution in [0.1, 0.15) is 26.8 Å². The highest BCUT2D eigenvalue weighted by atomic mass is 79.9. The largest absolute Gasteiger partial charge is 0.452 e. The van der Waals surface area contributed by atoms with Crippen LogP contribution in [0.15, 0.2) is 64.5 Å². The highest BCUT2D eigenvalue weighted by molar-refractivity contribution is 9.10. The second-order valence-corrected chi connectivity index (χ2v) is 7.60. The smallest absolute Gasteiger partial charge is 0.339 e. The summed E-state index contributed by atoms with van der Waals surface area (Å²) in [4.78, 5) is 25.3. The van der Waals surface area contributed by atoms with E-state index in [9.17, 15) is 18.4 Å². The monoisotopic (exact) mass is 465 g/mol. The van der Waals surface area contributed by atoms with Gasteiger partial charge in [0, 0.05) is 9.35 Å². The first-order chi connectivity index (χ1) is 13.4. The Morgan fingerprint density at radius 2 is 1.79 bits per heavy atom. The maximum absolute atomic E-state index is 13.2. The standard InChI is InChI=1S/C20H14BrF2NO3S/c21-16-10-14(23)7-8-15(16)20(26)27-11-18(25)24-19(17-2-1-9-28-17)12-3-5-13(22)6-4-12/h1-10,19H,11H2,(H,24,25). The van der Waals surface area contributed by atoms with E-state index >= 15 is 0 Å². The van der Waals surface area contributed by atoms with Crippen molar-refractivity contribution in [3.63, 3.8) is 0 Å². The molecule has 0 saturated heterocycles. The first kappa shape index (κ1) is 20.2. The summed E-state index contributed by atoms with van der Waals surface area (Å²) < 4.78 is 31.6. The highest BCUT2D eigenvalue weighted by Crippen LogP contribution is 2.26. The van der Waals surface area contributed by atoms with Gasteiger partial charge in [-0.1, -0.05) is 18.2 Å². The zero-order chi connectivity index (χ0) is 20.1. The number of esters is 1. The topological polar surface area (TPSA) is 55.4 Å². The predicted molar refractivity (Wildman–Crippen MR) is 105 cm³/mol. The lowest BCUT2D eigenvalue weighted by Crippen LogP contribution is -2.32. The zero-order valence-corrected chi connectivity index (χ0v) is 16.7. The van der Waals surface area contributed by atoms with Crippen molar-refractivity contribution >= 4 is 39.1 Å². The van der Waals surface area contributed by atoms with Crippen LogP contribution < -0.4 is 5.32 Å². The fourth-order valence-corrected chi connectivity index (χ4v) is 3.81. The van der Waals surface area contributed by atoms with Gasteiger partial charge in [0.1, 0.15) is 11.6 Å². The number of amides is 1. The highest BCUT2D eigenvalue weighted by Gasteiger charge is 2.20. The molecule has 2 aromatic carbocycles. The van der Waals surface area contributed by atoms with Crippen LogP contribution in [-0.2, 0) is 9.53 Å². The molecule has 144 valence electrons. The first-order valence-corrected chi connectivity index (χ1v) is 9.81. The zero-order valence-electron chi connectivity index (χ0n) is 14.3.